The third kappa shape index (κ3) is 5.32. The Morgan fingerprint density at radius 2 is 1.81 bits per heavy atom. The molecule has 0 radical (unpaired) electrons. The van der Waals surface area contributed by atoms with Gasteiger partial charge in [0.05, 0.1) is 23.2 Å². The molecule has 0 aliphatic carbocycles. The molecule has 37 heavy (non-hydrogen) atoms. The molecule has 0 spiro atoms. The van der Waals surface area contributed by atoms with Crippen LogP contribution in [0.15, 0.2) is 72.6 Å². The first-order valence-corrected chi connectivity index (χ1v) is 12.7. The number of ether oxygens (including phenoxy) is 1. The van der Waals surface area contributed by atoms with Gasteiger partial charge in [-0.2, -0.15) is 0 Å². The SMILES string of the molecule is CCOc1ccc(Cl)c(/C(O)=C2\C(=O)C(=O)N(Cc3cccnc3)C2c2ccc(N(CC)CC)cc2)c1. The minimum Gasteiger partial charge on any atom is -0.507 e. The van der Waals surface area contributed by atoms with E-state index >= 15 is 0 Å². The number of amides is 1. The minimum absolute atomic E-state index is 0.0139. The monoisotopic (exact) mass is 519 g/mol. The van der Waals surface area contributed by atoms with Crippen molar-refractivity contribution >= 4 is 34.7 Å². The Labute approximate surface area is 222 Å². The van der Waals surface area contributed by atoms with Crippen LogP contribution in [0.3, 0.4) is 0 Å². The number of benzene rings is 2. The van der Waals surface area contributed by atoms with Gasteiger partial charge in [0.15, 0.2) is 0 Å². The molecule has 192 valence electrons. The van der Waals surface area contributed by atoms with Crippen LogP contribution in [0, 0.1) is 0 Å². The van der Waals surface area contributed by atoms with Gasteiger partial charge in [-0.05, 0) is 68.3 Å². The van der Waals surface area contributed by atoms with Crippen molar-refractivity contribution in [1.29, 1.82) is 0 Å². The summed E-state index contributed by atoms with van der Waals surface area (Å²) in [5, 5.41) is 11.7. The molecule has 0 bridgehead atoms. The number of rotatable bonds is 9. The standard InChI is InChI=1S/C29H30ClN3O4/c1-4-32(5-2)21-11-9-20(10-12-21)26-25(27(34)23-16-22(37-6-3)13-14-24(23)30)28(35)29(36)33(26)18-19-8-7-15-31-17-19/h7-17,26,34H,4-6,18H2,1-3H3/b27-25+. The molecule has 1 fully saturated rings. The summed E-state index contributed by atoms with van der Waals surface area (Å²) in [7, 11) is 0. The van der Waals surface area contributed by atoms with Crippen LogP contribution in [0.1, 0.15) is 43.5 Å². The Morgan fingerprint density at radius 3 is 2.43 bits per heavy atom. The molecule has 2 heterocycles. The van der Waals surface area contributed by atoms with Crippen molar-refractivity contribution in [2.45, 2.75) is 33.4 Å². The maximum Gasteiger partial charge on any atom is 0.295 e. The first-order chi connectivity index (χ1) is 17.9. The normalized spacial score (nSPS) is 16.8. The van der Waals surface area contributed by atoms with Crippen molar-refractivity contribution in [2.75, 3.05) is 24.6 Å². The number of aliphatic hydroxyl groups is 1. The Bertz CT molecular complexity index is 1300. The highest BCUT2D eigenvalue weighted by Gasteiger charge is 2.46. The van der Waals surface area contributed by atoms with E-state index in [4.69, 9.17) is 16.3 Å². The van der Waals surface area contributed by atoms with Crippen LogP contribution < -0.4 is 9.64 Å². The van der Waals surface area contributed by atoms with Crippen molar-refractivity contribution in [2.24, 2.45) is 0 Å². The predicted molar refractivity (Wildman–Crippen MR) is 145 cm³/mol. The molecule has 1 N–H and O–H groups in total. The number of likely N-dealkylation sites (tertiary alicyclic amines) is 1. The molecular formula is C29H30ClN3O4. The van der Waals surface area contributed by atoms with Crippen LogP contribution in [0.5, 0.6) is 5.75 Å². The zero-order valence-corrected chi connectivity index (χ0v) is 21.9. The molecule has 0 saturated carbocycles. The molecular weight excluding hydrogens is 490 g/mol. The average molecular weight is 520 g/mol. The maximum atomic E-state index is 13.4. The molecule has 1 atom stereocenters. The summed E-state index contributed by atoms with van der Waals surface area (Å²) in [5.41, 5.74) is 2.73. The lowest BCUT2D eigenvalue weighted by Crippen LogP contribution is -2.29. The van der Waals surface area contributed by atoms with Crippen LogP contribution >= 0.6 is 11.6 Å². The molecule has 1 aliphatic rings. The largest absolute Gasteiger partial charge is 0.507 e. The van der Waals surface area contributed by atoms with Gasteiger partial charge < -0.3 is 19.6 Å². The van der Waals surface area contributed by atoms with E-state index in [2.05, 4.69) is 23.7 Å². The summed E-state index contributed by atoms with van der Waals surface area (Å²) in [5.74, 6) is -1.30. The van der Waals surface area contributed by atoms with Crippen LogP contribution in [0.2, 0.25) is 5.02 Å². The number of ketones is 1. The lowest BCUT2D eigenvalue weighted by Gasteiger charge is -2.27. The number of Topliss-reactive ketones (excluding diaryl/α,β-unsaturated/α-hetero) is 1. The molecule has 1 saturated heterocycles. The molecule has 7 nitrogen and oxygen atoms in total. The van der Waals surface area contributed by atoms with E-state index in [1.165, 1.54) is 4.90 Å². The second-order valence-electron chi connectivity index (χ2n) is 8.63. The number of hydrogen-bond acceptors (Lipinski definition) is 6. The van der Waals surface area contributed by atoms with Crippen LogP contribution in [0.4, 0.5) is 5.69 Å². The summed E-state index contributed by atoms with van der Waals surface area (Å²) in [6.07, 6.45) is 3.30. The molecule has 3 aromatic rings. The zero-order valence-electron chi connectivity index (χ0n) is 21.1. The maximum absolute atomic E-state index is 13.4. The highest BCUT2D eigenvalue weighted by molar-refractivity contribution is 6.47. The third-order valence-corrected chi connectivity index (χ3v) is 6.79. The molecule has 8 heteroatoms. The predicted octanol–water partition coefficient (Wildman–Crippen LogP) is 5.60. The van der Waals surface area contributed by atoms with Crippen molar-refractivity contribution in [1.82, 2.24) is 9.88 Å². The van der Waals surface area contributed by atoms with Crippen LogP contribution in [-0.4, -0.2) is 46.4 Å². The number of aromatic nitrogens is 1. The molecule has 1 aliphatic heterocycles. The number of anilines is 1. The molecule has 1 unspecified atom stereocenters. The highest BCUT2D eigenvalue weighted by Crippen LogP contribution is 2.42. The van der Waals surface area contributed by atoms with Gasteiger partial charge in [0.1, 0.15) is 11.5 Å². The Kier molecular flexibility index (Phi) is 8.14. The topological polar surface area (TPSA) is 83.0 Å². The number of carbonyl (C=O) groups excluding carboxylic acids is 2. The van der Waals surface area contributed by atoms with Crippen LogP contribution in [0.25, 0.3) is 5.76 Å². The van der Waals surface area contributed by atoms with Gasteiger partial charge in [-0.15, -0.1) is 0 Å². The van der Waals surface area contributed by atoms with Gasteiger partial charge in [0, 0.05) is 43.3 Å². The fourth-order valence-electron chi connectivity index (χ4n) is 4.62. The first-order valence-electron chi connectivity index (χ1n) is 12.3. The van der Waals surface area contributed by atoms with Gasteiger partial charge in [0.25, 0.3) is 11.7 Å². The molecule has 4 rings (SSSR count). The average Bonchev–Trinajstić information content (AvgIpc) is 3.16. The lowest BCUT2D eigenvalue weighted by molar-refractivity contribution is -0.140. The van der Waals surface area contributed by atoms with E-state index in [9.17, 15) is 14.7 Å². The van der Waals surface area contributed by atoms with E-state index in [0.29, 0.717) is 17.9 Å². The first kappa shape index (κ1) is 26.2. The van der Waals surface area contributed by atoms with E-state index < -0.39 is 17.7 Å². The van der Waals surface area contributed by atoms with E-state index in [1.807, 2.05) is 37.3 Å². The van der Waals surface area contributed by atoms with Gasteiger partial charge in [-0.1, -0.05) is 29.8 Å². The Hall–Kier alpha value is -3.84. The molecule has 2 aromatic carbocycles. The van der Waals surface area contributed by atoms with Crippen molar-refractivity contribution in [3.63, 3.8) is 0 Å². The summed E-state index contributed by atoms with van der Waals surface area (Å²) >= 11 is 6.43. The Morgan fingerprint density at radius 1 is 1.08 bits per heavy atom. The van der Waals surface area contributed by atoms with Gasteiger partial charge in [-0.25, -0.2) is 0 Å². The van der Waals surface area contributed by atoms with Crippen molar-refractivity contribution in [3.8, 4) is 5.75 Å². The number of aliphatic hydroxyl groups excluding tert-OH is 1. The fourth-order valence-corrected chi connectivity index (χ4v) is 4.83. The molecule has 1 amide bonds. The summed E-state index contributed by atoms with van der Waals surface area (Å²) < 4.78 is 5.56. The summed E-state index contributed by atoms with van der Waals surface area (Å²) in [6.45, 7) is 8.30. The van der Waals surface area contributed by atoms with Gasteiger partial charge >= 0.3 is 0 Å². The van der Waals surface area contributed by atoms with E-state index in [0.717, 1.165) is 24.3 Å². The van der Waals surface area contributed by atoms with Crippen LogP contribution in [-0.2, 0) is 16.1 Å². The smallest absolute Gasteiger partial charge is 0.295 e. The summed E-state index contributed by atoms with van der Waals surface area (Å²) in [6, 6.07) is 15.4. The summed E-state index contributed by atoms with van der Waals surface area (Å²) in [4.78, 5) is 34.5. The van der Waals surface area contributed by atoms with E-state index in [1.54, 1.807) is 36.7 Å². The second kappa shape index (κ2) is 11.5. The van der Waals surface area contributed by atoms with E-state index in [-0.39, 0.29) is 28.5 Å². The number of pyridine rings is 1. The fraction of sp³-hybridized carbons (Fsp3) is 0.276. The van der Waals surface area contributed by atoms with Gasteiger partial charge in [-0.3, -0.25) is 14.6 Å². The second-order valence-corrected chi connectivity index (χ2v) is 9.03. The van der Waals surface area contributed by atoms with Crippen molar-refractivity contribution in [3.05, 3.63) is 94.3 Å². The Balaban J connectivity index is 1.86. The third-order valence-electron chi connectivity index (χ3n) is 6.46. The minimum atomic E-state index is -0.808. The molecule has 1 aromatic heterocycles. The zero-order chi connectivity index (χ0) is 26.5. The number of nitrogens with zero attached hydrogens (tertiary/aromatic N) is 3. The quantitative estimate of drug-likeness (QED) is 0.225. The highest BCUT2D eigenvalue weighted by atomic mass is 35.5. The lowest BCUT2D eigenvalue weighted by atomic mass is 9.94. The van der Waals surface area contributed by atoms with Gasteiger partial charge in [0.2, 0.25) is 0 Å². The number of hydrogen-bond donors (Lipinski definition) is 1. The number of carbonyl (C=O) groups is 2. The number of halogens is 1. The van der Waals surface area contributed by atoms with Crippen molar-refractivity contribution < 1.29 is 19.4 Å².